The quantitative estimate of drug-likeness (QED) is 0.231. The molecule has 10 nitrogen and oxygen atoms in total. The molecule has 0 radical (unpaired) electrons. The van der Waals surface area contributed by atoms with E-state index in [1.54, 1.807) is 61.5 Å². The number of aromatic nitrogens is 1. The van der Waals surface area contributed by atoms with Crippen LogP contribution in [0.15, 0.2) is 79.0 Å². The number of non-ortho nitro benzene ring substituents is 1. The Bertz CT molecular complexity index is 1510. The highest BCUT2D eigenvalue weighted by molar-refractivity contribution is 6.07. The molecule has 1 heterocycles. The van der Waals surface area contributed by atoms with Crippen LogP contribution in [-0.2, 0) is 0 Å². The van der Waals surface area contributed by atoms with E-state index < -0.39 is 10.8 Å². The maximum absolute atomic E-state index is 13.2. The molecule has 0 atom stereocenters. The topological polar surface area (TPSA) is 137 Å². The lowest BCUT2D eigenvalue weighted by atomic mass is 10.1. The van der Waals surface area contributed by atoms with Crippen LogP contribution in [0.3, 0.4) is 0 Å². The van der Waals surface area contributed by atoms with Crippen molar-refractivity contribution in [3.63, 3.8) is 0 Å². The summed E-state index contributed by atoms with van der Waals surface area (Å²) in [5.41, 5.74) is 1.13. The average Bonchev–Trinajstić information content (AvgIpc) is 2.91. The van der Waals surface area contributed by atoms with Crippen molar-refractivity contribution in [2.75, 3.05) is 12.4 Å². The van der Waals surface area contributed by atoms with E-state index in [2.05, 4.69) is 10.3 Å². The Labute approximate surface area is 211 Å². The predicted octanol–water partition coefficient (Wildman–Crippen LogP) is 6.02. The van der Waals surface area contributed by atoms with Gasteiger partial charge in [-0.05, 0) is 73.2 Å². The minimum absolute atomic E-state index is 0.0168. The molecule has 0 saturated carbocycles. The number of anilines is 1. The standard InChI is InChI=1S/C27H20N4O6/c1-17-14-22(37-27-18(16-28)4-3-13-29-27)10-11-24(17)30-26(32)23-15-19(31(33)34)5-12-25(23)36-21-8-6-20(35-2)7-9-21/h3-15H,1-2H3,(H,30,32). The molecule has 0 spiro atoms. The van der Waals surface area contributed by atoms with E-state index in [-0.39, 0.29) is 28.4 Å². The maximum Gasteiger partial charge on any atom is 0.270 e. The molecule has 0 aliphatic rings. The van der Waals surface area contributed by atoms with Gasteiger partial charge in [-0.1, -0.05) is 0 Å². The molecule has 1 amide bonds. The first kappa shape index (κ1) is 24.7. The molecule has 3 aromatic carbocycles. The van der Waals surface area contributed by atoms with Gasteiger partial charge in [0.25, 0.3) is 11.6 Å². The number of pyridine rings is 1. The monoisotopic (exact) mass is 496 g/mol. The van der Waals surface area contributed by atoms with E-state index in [0.717, 1.165) is 6.07 Å². The smallest absolute Gasteiger partial charge is 0.270 e. The number of nitro benzene ring substituents is 1. The molecule has 1 aromatic heterocycles. The highest BCUT2D eigenvalue weighted by Crippen LogP contribution is 2.32. The molecule has 4 rings (SSSR count). The third kappa shape index (κ3) is 5.80. The number of ether oxygens (including phenoxy) is 3. The van der Waals surface area contributed by atoms with E-state index in [1.807, 2.05) is 6.07 Å². The Hall–Kier alpha value is -5.43. The number of methoxy groups -OCH3 is 1. The summed E-state index contributed by atoms with van der Waals surface area (Å²) in [6.07, 6.45) is 1.52. The van der Waals surface area contributed by atoms with Crippen molar-refractivity contribution >= 4 is 17.3 Å². The summed E-state index contributed by atoms with van der Waals surface area (Å²) in [4.78, 5) is 28.0. The summed E-state index contributed by atoms with van der Waals surface area (Å²) in [6.45, 7) is 1.76. The molecular weight excluding hydrogens is 476 g/mol. The van der Waals surface area contributed by atoms with E-state index >= 15 is 0 Å². The minimum atomic E-state index is -0.597. The number of nitro groups is 1. The molecule has 37 heavy (non-hydrogen) atoms. The number of hydrogen-bond donors (Lipinski definition) is 1. The molecular formula is C27H20N4O6. The van der Waals surface area contributed by atoms with Crippen LogP contribution >= 0.6 is 0 Å². The largest absolute Gasteiger partial charge is 0.497 e. The summed E-state index contributed by atoms with van der Waals surface area (Å²) in [5.74, 6) is 1.18. The van der Waals surface area contributed by atoms with Gasteiger partial charge in [0.1, 0.15) is 34.6 Å². The van der Waals surface area contributed by atoms with Gasteiger partial charge >= 0.3 is 0 Å². The van der Waals surface area contributed by atoms with Gasteiger partial charge in [-0.3, -0.25) is 14.9 Å². The number of nitriles is 1. The van der Waals surface area contributed by atoms with Crippen molar-refractivity contribution in [2.24, 2.45) is 0 Å². The molecule has 0 fully saturated rings. The lowest BCUT2D eigenvalue weighted by Crippen LogP contribution is -2.14. The number of carbonyl (C=O) groups is 1. The second kappa shape index (κ2) is 10.9. The van der Waals surface area contributed by atoms with Crippen LogP contribution in [0, 0.1) is 28.4 Å². The molecule has 184 valence electrons. The van der Waals surface area contributed by atoms with E-state index in [9.17, 15) is 20.2 Å². The van der Waals surface area contributed by atoms with Crippen LogP contribution in [-0.4, -0.2) is 22.9 Å². The summed E-state index contributed by atoms with van der Waals surface area (Å²) in [5, 5.41) is 23.3. The molecule has 0 saturated heterocycles. The van der Waals surface area contributed by atoms with Crippen LogP contribution in [0.2, 0.25) is 0 Å². The Morgan fingerprint density at radius 1 is 1.00 bits per heavy atom. The number of benzene rings is 3. The summed E-state index contributed by atoms with van der Waals surface area (Å²) < 4.78 is 16.7. The number of aryl methyl sites for hydroxylation is 1. The zero-order valence-electron chi connectivity index (χ0n) is 19.8. The minimum Gasteiger partial charge on any atom is -0.497 e. The second-order valence-corrected chi connectivity index (χ2v) is 7.72. The molecule has 1 N–H and O–H groups in total. The molecule has 0 aliphatic carbocycles. The predicted molar refractivity (Wildman–Crippen MR) is 134 cm³/mol. The van der Waals surface area contributed by atoms with E-state index in [0.29, 0.717) is 28.5 Å². The number of carbonyl (C=O) groups excluding carboxylic acids is 1. The number of amides is 1. The fourth-order valence-corrected chi connectivity index (χ4v) is 3.37. The number of hydrogen-bond acceptors (Lipinski definition) is 8. The van der Waals surface area contributed by atoms with Crippen molar-refractivity contribution in [2.45, 2.75) is 6.92 Å². The van der Waals surface area contributed by atoms with E-state index in [1.165, 1.54) is 25.4 Å². The summed E-state index contributed by atoms with van der Waals surface area (Å²) in [7, 11) is 1.54. The first-order valence-corrected chi connectivity index (χ1v) is 10.9. The second-order valence-electron chi connectivity index (χ2n) is 7.72. The van der Waals surface area contributed by atoms with Crippen LogP contribution < -0.4 is 19.5 Å². The summed E-state index contributed by atoms with van der Waals surface area (Å²) in [6, 6.07) is 20.6. The molecule has 0 bridgehead atoms. The van der Waals surface area contributed by atoms with Crippen LogP contribution in [0.4, 0.5) is 11.4 Å². The van der Waals surface area contributed by atoms with Crippen LogP contribution in [0.25, 0.3) is 0 Å². The Balaban J connectivity index is 1.58. The van der Waals surface area contributed by atoms with Gasteiger partial charge in [-0.25, -0.2) is 4.98 Å². The lowest BCUT2D eigenvalue weighted by molar-refractivity contribution is -0.384. The van der Waals surface area contributed by atoms with Gasteiger partial charge < -0.3 is 19.5 Å². The SMILES string of the molecule is COc1ccc(Oc2ccc([N+](=O)[O-])cc2C(=O)Nc2ccc(Oc3ncccc3C#N)cc2C)cc1. The highest BCUT2D eigenvalue weighted by atomic mass is 16.6. The summed E-state index contributed by atoms with van der Waals surface area (Å²) >= 11 is 0. The van der Waals surface area contributed by atoms with Gasteiger partial charge in [-0.2, -0.15) is 5.26 Å². The first-order chi connectivity index (χ1) is 17.9. The average molecular weight is 496 g/mol. The Morgan fingerprint density at radius 2 is 1.73 bits per heavy atom. The highest BCUT2D eigenvalue weighted by Gasteiger charge is 2.20. The third-order valence-corrected chi connectivity index (χ3v) is 5.26. The van der Waals surface area contributed by atoms with Crippen molar-refractivity contribution in [3.8, 4) is 34.9 Å². The van der Waals surface area contributed by atoms with Crippen molar-refractivity contribution in [1.29, 1.82) is 5.26 Å². The van der Waals surface area contributed by atoms with Crippen molar-refractivity contribution in [3.05, 3.63) is 106 Å². The molecule has 10 heteroatoms. The molecule has 0 aliphatic heterocycles. The van der Waals surface area contributed by atoms with Crippen molar-refractivity contribution in [1.82, 2.24) is 4.98 Å². The Morgan fingerprint density at radius 3 is 2.41 bits per heavy atom. The van der Waals surface area contributed by atoms with Crippen LogP contribution in [0.5, 0.6) is 28.9 Å². The Kier molecular flexibility index (Phi) is 7.26. The van der Waals surface area contributed by atoms with Crippen molar-refractivity contribution < 1.29 is 23.9 Å². The normalized spacial score (nSPS) is 10.2. The number of nitrogens with one attached hydrogen (secondary N) is 1. The van der Waals surface area contributed by atoms with Gasteiger partial charge in [0, 0.05) is 24.0 Å². The van der Waals surface area contributed by atoms with E-state index in [4.69, 9.17) is 14.2 Å². The zero-order chi connectivity index (χ0) is 26.4. The third-order valence-electron chi connectivity index (χ3n) is 5.26. The van der Waals surface area contributed by atoms with Crippen LogP contribution in [0.1, 0.15) is 21.5 Å². The number of rotatable bonds is 8. The van der Waals surface area contributed by atoms with Gasteiger partial charge in [0.2, 0.25) is 5.88 Å². The zero-order valence-corrected chi connectivity index (χ0v) is 19.8. The van der Waals surface area contributed by atoms with Gasteiger partial charge in [0.15, 0.2) is 0 Å². The molecule has 0 unspecified atom stereocenters. The maximum atomic E-state index is 13.2. The number of nitrogens with zero attached hydrogens (tertiary/aromatic N) is 3. The van der Waals surface area contributed by atoms with Gasteiger partial charge in [0.05, 0.1) is 17.6 Å². The van der Waals surface area contributed by atoms with Gasteiger partial charge in [-0.15, -0.1) is 0 Å². The first-order valence-electron chi connectivity index (χ1n) is 10.9. The fraction of sp³-hybridized carbons (Fsp3) is 0.0741. The molecule has 4 aromatic rings. The fourth-order valence-electron chi connectivity index (χ4n) is 3.37. The lowest BCUT2D eigenvalue weighted by Gasteiger charge is -2.14.